The molecule has 1 unspecified atom stereocenters. The molecule has 0 heterocycles. The maximum Gasteiger partial charge on any atom is 0.123 e. The van der Waals surface area contributed by atoms with Crippen LogP contribution in [0.5, 0.6) is 0 Å². The first kappa shape index (κ1) is 13.3. The van der Waals surface area contributed by atoms with Gasteiger partial charge in [-0.3, -0.25) is 0 Å². The summed E-state index contributed by atoms with van der Waals surface area (Å²) < 4.78 is 13.4. The van der Waals surface area contributed by atoms with Gasteiger partial charge >= 0.3 is 0 Å². The molecule has 0 fully saturated rings. The number of hydrogen-bond donors (Lipinski definition) is 1. The molecule has 0 bridgehead atoms. The van der Waals surface area contributed by atoms with Gasteiger partial charge in [-0.1, -0.05) is 37.1 Å². The van der Waals surface area contributed by atoms with Crippen LogP contribution in [0.3, 0.4) is 0 Å². The first-order valence-electron chi connectivity index (χ1n) is 6.99. The van der Waals surface area contributed by atoms with E-state index in [4.69, 9.17) is 0 Å². The third-order valence-electron chi connectivity index (χ3n) is 3.54. The molecule has 0 aliphatic heterocycles. The van der Waals surface area contributed by atoms with Gasteiger partial charge in [0.05, 0.1) is 6.04 Å². The smallest absolute Gasteiger partial charge is 0.123 e. The van der Waals surface area contributed by atoms with Crippen molar-refractivity contribution in [2.24, 2.45) is 0 Å². The van der Waals surface area contributed by atoms with E-state index in [-0.39, 0.29) is 11.9 Å². The lowest BCUT2D eigenvalue weighted by molar-refractivity contribution is 0.578. The van der Waals surface area contributed by atoms with Gasteiger partial charge in [0.15, 0.2) is 0 Å². The van der Waals surface area contributed by atoms with Crippen LogP contribution >= 0.6 is 0 Å². The zero-order valence-electron chi connectivity index (χ0n) is 11.1. The quantitative estimate of drug-likeness (QED) is 0.779. The molecule has 98 valence electrons. The molecule has 0 amide bonds. The van der Waals surface area contributed by atoms with Gasteiger partial charge in [-0.2, -0.15) is 0 Å². The average molecular weight is 247 g/mol. The van der Waals surface area contributed by atoms with E-state index in [0.717, 1.165) is 24.9 Å². The summed E-state index contributed by atoms with van der Waals surface area (Å²) in [6, 6.07) is 7.16. The molecular weight excluding hydrogens is 225 g/mol. The van der Waals surface area contributed by atoms with Crippen molar-refractivity contribution in [3.63, 3.8) is 0 Å². The maximum atomic E-state index is 13.4. The molecular formula is C16H22FN. The van der Waals surface area contributed by atoms with Gasteiger partial charge in [-0.15, -0.1) is 0 Å². The molecule has 1 aromatic carbocycles. The Morgan fingerprint density at radius 1 is 1.28 bits per heavy atom. The Labute approximate surface area is 109 Å². The summed E-state index contributed by atoms with van der Waals surface area (Å²) in [5.74, 6) is -0.148. The van der Waals surface area contributed by atoms with E-state index in [2.05, 4.69) is 18.3 Å². The SMILES string of the molecule is CCNC(C1=CCCCCC1)c1cccc(F)c1. The van der Waals surface area contributed by atoms with Crippen LogP contribution in [0.15, 0.2) is 35.9 Å². The minimum Gasteiger partial charge on any atom is -0.307 e. The molecule has 1 aliphatic rings. The summed E-state index contributed by atoms with van der Waals surface area (Å²) >= 11 is 0. The highest BCUT2D eigenvalue weighted by atomic mass is 19.1. The molecule has 1 aromatic rings. The third kappa shape index (κ3) is 3.42. The summed E-state index contributed by atoms with van der Waals surface area (Å²) in [5, 5.41) is 3.49. The number of allylic oxidation sites excluding steroid dienone is 1. The summed E-state index contributed by atoms with van der Waals surface area (Å²) in [6.45, 7) is 3.00. The molecule has 1 atom stereocenters. The molecule has 1 aliphatic carbocycles. The Hall–Kier alpha value is -1.15. The van der Waals surface area contributed by atoms with E-state index in [9.17, 15) is 4.39 Å². The van der Waals surface area contributed by atoms with Crippen molar-refractivity contribution < 1.29 is 4.39 Å². The van der Waals surface area contributed by atoms with Crippen LogP contribution in [0.25, 0.3) is 0 Å². The second-order valence-electron chi connectivity index (χ2n) is 4.92. The number of halogens is 1. The van der Waals surface area contributed by atoms with Gasteiger partial charge in [0.25, 0.3) is 0 Å². The summed E-state index contributed by atoms with van der Waals surface area (Å²) in [6.07, 6.45) is 8.49. The lowest BCUT2D eigenvalue weighted by atomic mass is 9.95. The Morgan fingerprint density at radius 3 is 2.94 bits per heavy atom. The summed E-state index contributed by atoms with van der Waals surface area (Å²) in [5.41, 5.74) is 2.48. The second kappa shape index (κ2) is 6.69. The molecule has 18 heavy (non-hydrogen) atoms. The van der Waals surface area contributed by atoms with Crippen molar-refractivity contribution in [2.45, 2.75) is 45.1 Å². The highest BCUT2D eigenvalue weighted by Crippen LogP contribution is 2.29. The van der Waals surface area contributed by atoms with Crippen LogP contribution in [-0.2, 0) is 0 Å². The predicted octanol–water partition coefficient (Wildman–Crippen LogP) is 4.37. The summed E-state index contributed by atoms with van der Waals surface area (Å²) in [4.78, 5) is 0. The fourth-order valence-corrected chi connectivity index (χ4v) is 2.66. The lowest BCUT2D eigenvalue weighted by Crippen LogP contribution is -2.23. The molecule has 0 spiro atoms. The van der Waals surface area contributed by atoms with Gasteiger partial charge in [0.2, 0.25) is 0 Å². The Morgan fingerprint density at radius 2 is 2.17 bits per heavy atom. The van der Waals surface area contributed by atoms with Crippen LogP contribution in [-0.4, -0.2) is 6.54 Å². The average Bonchev–Trinajstić information content (AvgIpc) is 2.64. The van der Waals surface area contributed by atoms with Crippen molar-refractivity contribution in [3.8, 4) is 0 Å². The highest BCUT2D eigenvalue weighted by Gasteiger charge is 2.16. The van der Waals surface area contributed by atoms with E-state index in [0.29, 0.717) is 0 Å². The van der Waals surface area contributed by atoms with Gasteiger partial charge in [0.1, 0.15) is 5.82 Å². The Kier molecular flexibility index (Phi) is 4.94. The summed E-state index contributed by atoms with van der Waals surface area (Å²) in [7, 11) is 0. The number of hydrogen-bond acceptors (Lipinski definition) is 1. The number of nitrogens with one attached hydrogen (secondary N) is 1. The predicted molar refractivity (Wildman–Crippen MR) is 74.0 cm³/mol. The molecule has 2 rings (SSSR count). The van der Waals surface area contributed by atoms with Gasteiger partial charge in [0, 0.05) is 0 Å². The van der Waals surface area contributed by atoms with E-state index in [1.165, 1.54) is 30.9 Å². The van der Waals surface area contributed by atoms with Crippen molar-refractivity contribution in [2.75, 3.05) is 6.54 Å². The minimum absolute atomic E-state index is 0.148. The zero-order valence-corrected chi connectivity index (χ0v) is 11.1. The Bertz CT molecular complexity index is 411. The molecule has 0 aromatic heterocycles. The second-order valence-corrected chi connectivity index (χ2v) is 4.92. The highest BCUT2D eigenvalue weighted by molar-refractivity contribution is 5.29. The van der Waals surface area contributed by atoms with Crippen LogP contribution < -0.4 is 5.32 Å². The lowest BCUT2D eigenvalue weighted by Gasteiger charge is -2.21. The molecule has 0 radical (unpaired) electrons. The van der Waals surface area contributed by atoms with Crippen LogP contribution in [0.1, 0.15) is 50.6 Å². The Balaban J connectivity index is 2.24. The van der Waals surface area contributed by atoms with Crippen molar-refractivity contribution in [1.29, 1.82) is 0 Å². The van der Waals surface area contributed by atoms with Crippen LogP contribution in [0.2, 0.25) is 0 Å². The van der Waals surface area contributed by atoms with Crippen LogP contribution in [0, 0.1) is 5.82 Å². The van der Waals surface area contributed by atoms with Crippen molar-refractivity contribution >= 4 is 0 Å². The van der Waals surface area contributed by atoms with Gasteiger partial charge < -0.3 is 5.32 Å². The van der Waals surface area contributed by atoms with Gasteiger partial charge in [-0.05, 0) is 49.9 Å². The number of rotatable bonds is 4. The number of benzene rings is 1. The third-order valence-corrected chi connectivity index (χ3v) is 3.54. The molecule has 1 nitrogen and oxygen atoms in total. The van der Waals surface area contributed by atoms with Crippen molar-refractivity contribution in [3.05, 3.63) is 47.3 Å². The van der Waals surface area contributed by atoms with Crippen molar-refractivity contribution in [1.82, 2.24) is 5.32 Å². The maximum absolute atomic E-state index is 13.4. The van der Waals surface area contributed by atoms with E-state index >= 15 is 0 Å². The largest absolute Gasteiger partial charge is 0.307 e. The molecule has 1 N–H and O–H groups in total. The van der Waals surface area contributed by atoms with E-state index in [1.807, 2.05) is 6.07 Å². The fourth-order valence-electron chi connectivity index (χ4n) is 2.66. The molecule has 2 heteroatoms. The number of likely N-dealkylation sites (N-methyl/N-ethyl adjacent to an activating group) is 1. The van der Waals surface area contributed by atoms with Gasteiger partial charge in [-0.25, -0.2) is 4.39 Å². The molecule has 0 saturated carbocycles. The standard InChI is InChI=1S/C16H22FN/c1-2-18-16(13-8-5-3-4-6-9-13)14-10-7-11-15(17)12-14/h7-8,10-12,16,18H,2-6,9H2,1H3. The topological polar surface area (TPSA) is 12.0 Å². The van der Waals surface area contributed by atoms with E-state index in [1.54, 1.807) is 12.1 Å². The minimum atomic E-state index is -0.148. The van der Waals surface area contributed by atoms with E-state index < -0.39 is 0 Å². The fraction of sp³-hybridized carbons (Fsp3) is 0.500. The normalized spacial score (nSPS) is 18.0. The monoisotopic (exact) mass is 247 g/mol. The first-order valence-corrected chi connectivity index (χ1v) is 6.99. The van der Waals surface area contributed by atoms with Crippen LogP contribution in [0.4, 0.5) is 4.39 Å². The molecule has 0 saturated heterocycles. The zero-order chi connectivity index (χ0) is 12.8. The first-order chi connectivity index (χ1) is 8.81.